The molecule has 1 N–H and O–H groups in total. The number of benzene rings is 1. The van der Waals surface area contributed by atoms with Crippen LogP contribution in [0, 0.1) is 0 Å². The van der Waals surface area contributed by atoms with E-state index in [-0.39, 0.29) is 0 Å². The molecular formula is C17H18N2S. The highest BCUT2D eigenvalue weighted by atomic mass is 32.1. The van der Waals surface area contributed by atoms with Crippen LogP contribution >= 0.6 is 12.2 Å². The third-order valence-electron chi connectivity index (χ3n) is 3.84. The van der Waals surface area contributed by atoms with Gasteiger partial charge in [-0.15, -0.1) is 0 Å². The highest BCUT2D eigenvalue weighted by Gasteiger charge is 2.16. The summed E-state index contributed by atoms with van der Waals surface area (Å²) < 4.78 is 0. The zero-order chi connectivity index (χ0) is 13.8. The molecule has 0 aliphatic carbocycles. The molecule has 1 aliphatic heterocycles. The normalized spacial score (nSPS) is 16.0. The van der Waals surface area contributed by atoms with Crippen LogP contribution in [0.5, 0.6) is 0 Å². The fourth-order valence-corrected chi connectivity index (χ4v) is 2.91. The number of nitrogens with zero attached hydrogens (tertiary/aromatic N) is 1. The Labute approximate surface area is 125 Å². The van der Waals surface area contributed by atoms with Gasteiger partial charge in [-0.3, -0.25) is 4.98 Å². The molecule has 0 radical (unpaired) electrons. The van der Waals surface area contributed by atoms with Gasteiger partial charge in [0, 0.05) is 23.4 Å². The highest BCUT2D eigenvalue weighted by molar-refractivity contribution is 7.81. The molecule has 0 bridgehead atoms. The van der Waals surface area contributed by atoms with Gasteiger partial charge < -0.3 is 5.32 Å². The summed E-state index contributed by atoms with van der Waals surface area (Å²) in [6.07, 6.45) is 4.28. The van der Waals surface area contributed by atoms with Gasteiger partial charge in [0.05, 0.1) is 4.86 Å². The summed E-state index contributed by atoms with van der Waals surface area (Å²) in [5.41, 5.74) is 3.31. The topological polar surface area (TPSA) is 24.9 Å². The number of pyridine rings is 1. The molecule has 2 heterocycles. The lowest BCUT2D eigenvalue weighted by molar-refractivity contribution is 0.453. The number of hydrogen-bond acceptors (Lipinski definition) is 3. The van der Waals surface area contributed by atoms with Gasteiger partial charge in [0.25, 0.3) is 0 Å². The molecule has 3 rings (SSSR count). The lowest BCUT2D eigenvalue weighted by Gasteiger charge is -2.22. The number of piperidine rings is 1. The Hall–Kier alpha value is -1.58. The van der Waals surface area contributed by atoms with Crippen molar-refractivity contribution in [2.45, 2.75) is 18.8 Å². The first-order chi connectivity index (χ1) is 9.84. The smallest absolute Gasteiger partial charge is 0.0537 e. The summed E-state index contributed by atoms with van der Waals surface area (Å²) in [5, 5.41) is 3.39. The average Bonchev–Trinajstić information content (AvgIpc) is 2.56. The van der Waals surface area contributed by atoms with Crippen LogP contribution in [0.25, 0.3) is 0 Å². The van der Waals surface area contributed by atoms with Gasteiger partial charge in [0.15, 0.2) is 0 Å². The minimum Gasteiger partial charge on any atom is -0.317 e. The molecule has 1 aromatic carbocycles. The molecular weight excluding hydrogens is 264 g/mol. The average molecular weight is 282 g/mol. The molecule has 0 saturated carbocycles. The predicted octanol–water partition coefficient (Wildman–Crippen LogP) is 3.31. The van der Waals surface area contributed by atoms with Crippen LogP contribution < -0.4 is 5.32 Å². The fourth-order valence-electron chi connectivity index (χ4n) is 2.65. The molecule has 2 nitrogen and oxygen atoms in total. The van der Waals surface area contributed by atoms with E-state index in [2.05, 4.69) is 22.4 Å². The van der Waals surface area contributed by atoms with E-state index in [1.807, 2.05) is 36.5 Å². The number of thiocarbonyl (C=S) groups is 1. The minimum absolute atomic E-state index is 0.593. The van der Waals surface area contributed by atoms with Crippen LogP contribution in [0.4, 0.5) is 0 Å². The number of hydrogen-bond donors (Lipinski definition) is 1. The van der Waals surface area contributed by atoms with Crippen molar-refractivity contribution in [3.8, 4) is 0 Å². The summed E-state index contributed by atoms with van der Waals surface area (Å²) in [6.45, 7) is 2.19. The molecule has 0 atom stereocenters. The SMILES string of the molecule is S=C(c1ccccc1)c1ccc(C2CCNCC2)nc1. The van der Waals surface area contributed by atoms with E-state index in [1.54, 1.807) is 0 Å². The van der Waals surface area contributed by atoms with Gasteiger partial charge in [-0.05, 0) is 37.6 Å². The first-order valence-corrected chi connectivity index (χ1v) is 7.52. The van der Waals surface area contributed by atoms with E-state index < -0.39 is 0 Å². The van der Waals surface area contributed by atoms with Crippen LogP contribution in [0.2, 0.25) is 0 Å². The number of aromatic nitrogens is 1. The van der Waals surface area contributed by atoms with Gasteiger partial charge in [0.2, 0.25) is 0 Å². The Kier molecular flexibility index (Phi) is 4.19. The summed E-state index contributed by atoms with van der Waals surface area (Å²) in [5.74, 6) is 0.593. The van der Waals surface area contributed by atoms with Gasteiger partial charge in [0.1, 0.15) is 0 Å². The molecule has 0 spiro atoms. The number of rotatable bonds is 3. The molecule has 1 aliphatic rings. The van der Waals surface area contributed by atoms with Crippen molar-refractivity contribution in [3.05, 3.63) is 65.5 Å². The highest BCUT2D eigenvalue weighted by Crippen LogP contribution is 2.23. The molecule has 3 heteroatoms. The van der Waals surface area contributed by atoms with E-state index in [0.717, 1.165) is 29.1 Å². The van der Waals surface area contributed by atoms with Crippen LogP contribution in [-0.4, -0.2) is 22.9 Å². The first kappa shape index (κ1) is 13.4. The van der Waals surface area contributed by atoms with E-state index in [4.69, 9.17) is 12.2 Å². The van der Waals surface area contributed by atoms with Gasteiger partial charge in [-0.25, -0.2) is 0 Å². The van der Waals surface area contributed by atoms with Crippen molar-refractivity contribution < 1.29 is 0 Å². The van der Waals surface area contributed by atoms with Gasteiger partial charge in [-0.2, -0.15) is 0 Å². The lowest BCUT2D eigenvalue weighted by Crippen LogP contribution is -2.27. The van der Waals surface area contributed by atoms with Crippen molar-refractivity contribution in [1.29, 1.82) is 0 Å². The largest absolute Gasteiger partial charge is 0.317 e. The molecule has 0 amide bonds. The molecule has 1 saturated heterocycles. The third kappa shape index (κ3) is 2.94. The fraction of sp³-hybridized carbons (Fsp3) is 0.294. The zero-order valence-corrected chi connectivity index (χ0v) is 12.2. The Morgan fingerprint density at radius 2 is 1.75 bits per heavy atom. The van der Waals surface area contributed by atoms with E-state index in [1.165, 1.54) is 18.5 Å². The maximum absolute atomic E-state index is 5.54. The Balaban J connectivity index is 1.77. The summed E-state index contributed by atoms with van der Waals surface area (Å²) in [6, 6.07) is 14.4. The van der Waals surface area contributed by atoms with Crippen LogP contribution in [-0.2, 0) is 0 Å². The zero-order valence-electron chi connectivity index (χ0n) is 11.4. The van der Waals surface area contributed by atoms with Gasteiger partial charge >= 0.3 is 0 Å². The van der Waals surface area contributed by atoms with Crippen LogP contribution in [0.3, 0.4) is 0 Å². The van der Waals surface area contributed by atoms with Crippen molar-refractivity contribution in [2.75, 3.05) is 13.1 Å². The van der Waals surface area contributed by atoms with E-state index >= 15 is 0 Å². The van der Waals surface area contributed by atoms with E-state index in [9.17, 15) is 0 Å². The van der Waals surface area contributed by atoms with Crippen LogP contribution in [0.1, 0.15) is 35.6 Å². The summed E-state index contributed by atoms with van der Waals surface area (Å²) in [7, 11) is 0. The van der Waals surface area contributed by atoms with Crippen molar-refractivity contribution in [2.24, 2.45) is 0 Å². The second-order valence-electron chi connectivity index (χ2n) is 5.19. The molecule has 0 unspecified atom stereocenters. The quantitative estimate of drug-likeness (QED) is 0.690. The summed E-state index contributed by atoms with van der Waals surface area (Å²) >= 11 is 5.54. The summed E-state index contributed by atoms with van der Waals surface area (Å²) in [4.78, 5) is 5.50. The molecule has 20 heavy (non-hydrogen) atoms. The monoisotopic (exact) mass is 282 g/mol. The third-order valence-corrected chi connectivity index (χ3v) is 4.31. The molecule has 102 valence electrons. The Morgan fingerprint density at radius 3 is 2.40 bits per heavy atom. The number of nitrogens with one attached hydrogen (secondary N) is 1. The second kappa shape index (κ2) is 6.25. The van der Waals surface area contributed by atoms with Crippen molar-refractivity contribution >= 4 is 17.1 Å². The maximum atomic E-state index is 5.54. The maximum Gasteiger partial charge on any atom is 0.0537 e. The molecule has 1 fully saturated rings. The standard InChI is InChI=1S/C17H18N2S/c20-17(14-4-2-1-3-5-14)15-6-7-16(19-12-15)13-8-10-18-11-9-13/h1-7,12-13,18H,8-11H2. The second-order valence-corrected chi connectivity index (χ2v) is 5.60. The molecule has 1 aromatic heterocycles. The lowest BCUT2D eigenvalue weighted by atomic mass is 9.93. The van der Waals surface area contributed by atoms with Crippen molar-refractivity contribution in [3.63, 3.8) is 0 Å². The molecule has 2 aromatic rings. The van der Waals surface area contributed by atoms with Crippen LogP contribution in [0.15, 0.2) is 48.7 Å². The van der Waals surface area contributed by atoms with Gasteiger partial charge in [-0.1, -0.05) is 48.6 Å². The minimum atomic E-state index is 0.593. The Bertz CT molecular complexity index is 572. The first-order valence-electron chi connectivity index (χ1n) is 7.11. The van der Waals surface area contributed by atoms with E-state index in [0.29, 0.717) is 5.92 Å². The van der Waals surface area contributed by atoms with Crippen molar-refractivity contribution in [1.82, 2.24) is 10.3 Å². The predicted molar refractivity (Wildman–Crippen MR) is 86.3 cm³/mol. The Morgan fingerprint density at radius 1 is 1.00 bits per heavy atom.